The second-order valence-electron chi connectivity index (χ2n) is 6.34. The summed E-state index contributed by atoms with van der Waals surface area (Å²) in [6.07, 6.45) is 2.91. The monoisotopic (exact) mass is 378 g/mol. The Morgan fingerprint density at radius 3 is 2.41 bits per heavy atom. The Hall–Kier alpha value is -3.18. The van der Waals surface area contributed by atoms with Crippen LogP contribution in [0.5, 0.6) is 0 Å². The first-order valence-electron chi connectivity index (χ1n) is 8.45. The van der Waals surface area contributed by atoms with E-state index in [1.54, 1.807) is 24.3 Å². The van der Waals surface area contributed by atoms with Crippen molar-refractivity contribution in [2.45, 2.75) is 12.5 Å². The zero-order valence-corrected chi connectivity index (χ0v) is 14.9. The Balaban J connectivity index is 1.63. The number of Topliss-reactive ketones (excluding diaryl/α,β-unsaturated/α-hetero) is 2. The van der Waals surface area contributed by atoms with Gasteiger partial charge in [0.15, 0.2) is 0 Å². The largest absolute Gasteiger partial charge is 0.371 e. The Morgan fingerprint density at radius 1 is 1.00 bits per heavy atom. The van der Waals surface area contributed by atoms with Gasteiger partial charge in [0, 0.05) is 34.6 Å². The van der Waals surface area contributed by atoms with Crippen LogP contribution in [0.1, 0.15) is 26.3 Å². The molecule has 1 aliphatic rings. The first-order chi connectivity index (χ1) is 13.1. The molecule has 0 fully saturated rings. The second-order valence-corrected chi connectivity index (χ2v) is 6.72. The summed E-state index contributed by atoms with van der Waals surface area (Å²) in [7, 11) is 0. The van der Waals surface area contributed by atoms with Crippen molar-refractivity contribution in [3.05, 3.63) is 82.1 Å². The third kappa shape index (κ3) is 2.96. The summed E-state index contributed by atoms with van der Waals surface area (Å²) in [5, 5.41) is 3.69. The fraction of sp³-hybridized carbons (Fsp3) is 0.0952. The van der Waals surface area contributed by atoms with Gasteiger partial charge in [-0.25, -0.2) is 0 Å². The maximum Gasteiger partial charge on any atom is 0.211 e. The molecule has 1 unspecified atom stereocenters. The Kier molecular flexibility index (Phi) is 4.38. The van der Waals surface area contributed by atoms with Crippen molar-refractivity contribution >= 4 is 40.4 Å². The molecule has 0 saturated heterocycles. The van der Waals surface area contributed by atoms with Crippen molar-refractivity contribution in [1.82, 2.24) is 10.3 Å². The van der Waals surface area contributed by atoms with Crippen molar-refractivity contribution in [1.29, 1.82) is 0 Å². The minimum atomic E-state index is -0.699. The van der Waals surface area contributed by atoms with Gasteiger partial charge in [0.05, 0.1) is 6.04 Å². The minimum absolute atomic E-state index is 0.0303. The van der Waals surface area contributed by atoms with E-state index in [2.05, 4.69) is 10.3 Å². The molecule has 1 aliphatic carbocycles. The number of rotatable bonds is 5. The van der Waals surface area contributed by atoms with Gasteiger partial charge in [0.1, 0.15) is 17.0 Å². The lowest BCUT2D eigenvalue weighted by Gasteiger charge is -2.21. The van der Waals surface area contributed by atoms with E-state index < -0.39 is 11.8 Å². The van der Waals surface area contributed by atoms with Gasteiger partial charge in [-0.2, -0.15) is 0 Å². The molecule has 0 bridgehead atoms. The number of halogens is 1. The molecular weight excluding hydrogens is 364 g/mol. The number of nitrogens with one attached hydrogen (secondary N) is 2. The molecule has 1 heterocycles. The number of hydrogen-bond donors (Lipinski definition) is 2. The average molecular weight is 379 g/mol. The van der Waals surface area contributed by atoms with Crippen molar-refractivity contribution < 1.29 is 14.4 Å². The number of ketones is 2. The molecule has 4 rings (SSSR count). The van der Waals surface area contributed by atoms with Crippen LogP contribution in [0, 0.1) is 0 Å². The summed E-state index contributed by atoms with van der Waals surface area (Å²) >= 11 is 6.16. The third-order valence-electron chi connectivity index (χ3n) is 4.67. The fourth-order valence-corrected chi connectivity index (χ4v) is 3.57. The van der Waals surface area contributed by atoms with Crippen molar-refractivity contribution in [3.8, 4) is 0 Å². The molecule has 27 heavy (non-hydrogen) atoms. The molecule has 2 N–H and O–H groups in total. The predicted octanol–water partition coefficient (Wildman–Crippen LogP) is 3.40. The SMILES string of the molecule is O=CC(Cc1c[nH]c2ccccc12)NC1=C(Cl)C(=O)c2ccccc2C1=O. The van der Waals surface area contributed by atoms with Gasteiger partial charge < -0.3 is 15.1 Å². The average Bonchev–Trinajstić information content (AvgIpc) is 3.11. The van der Waals surface area contributed by atoms with Crippen LogP contribution in [0.3, 0.4) is 0 Å². The molecule has 2 aromatic carbocycles. The second kappa shape index (κ2) is 6.85. The number of allylic oxidation sites excluding steroid dienone is 2. The molecule has 6 heteroatoms. The normalized spacial score (nSPS) is 15.0. The summed E-state index contributed by atoms with van der Waals surface area (Å²) in [6, 6.07) is 13.6. The van der Waals surface area contributed by atoms with Gasteiger partial charge in [0.25, 0.3) is 0 Å². The number of aldehydes is 1. The smallest absolute Gasteiger partial charge is 0.211 e. The van der Waals surface area contributed by atoms with E-state index in [-0.39, 0.29) is 27.6 Å². The highest BCUT2D eigenvalue weighted by Gasteiger charge is 2.32. The fourth-order valence-electron chi connectivity index (χ4n) is 3.33. The lowest BCUT2D eigenvalue weighted by atomic mass is 9.92. The van der Waals surface area contributed by atoms with E-state index in [9.17, 15) is 14.4 Å². The molecule has 0 saturated carbocycles. The molecule has 0 radical (unpaired) electrons. The molecule has 134 valence electrons. The van der Waals surface area contributed by atoms with E-state index in [1.165, 1.54) is 0 Å². The molecule has 0 aliphatic heterocycles. The van der Waals surface area contributed by atoms with Crippen molar-refractivity contribution in [2.24, 2.45) is 0 Å². The maximum absolute atomic E-state index is 12.8. The topological polar surface area (TPSA) is 79.0 Å². The highest BCUT2D eigenvalue weighted by atomic mass is 35.5. The van der Waals surface area contributed by atoms with Crippen LogP contribution in [0.15, 0.2) is 65.5 Å². The van der Waals surface area contributed by atoms with Gasteiger partial charge in [0.2, 0.25) is 11.6 Å². The number of fused-ring (bicyclic) bond motifs is 2. The Bertz CT molecular complexity index is 1110. The first kappa shape index (κ1) is 17.2. The number of H-pyrrole nitrogens is 1. The summed E-state index contributed by atoms with van der Waals surface area (Å²) in [5.41, 5.74) is 2.43. The van der Waals surface area contributed by atoms with Crippen LogP contribution < -0.4 is 5.32 Å². The number of carbonyl (C=O) groups excluding carboxylic acids is 3. The quantitative estimate of drug-likeness (QED) is 0.667. The molecule has 1 aromatic heterocycles. The van der Waals surface area contributed by atoms with Crippen LogP contribution in [0.4, 0.5) is 0 Å². The van der Waals surface area contributed by atoms with Crippen LogP contribution in [-0.2, 0) is 11.2 Å². The number of carbonyl (C=O) groups is 3. The Labute approximate surface area is 160 Å². The summed E-state index contributed by atoms with van der Waals surface area (Å²) in [6.45, 7) is 0. The lowest BCUT2D eigenvalue weighted by Crippen LogP contribution is -2.38. The predicted molar refractivity (Wildman–Crippen MR) is 103 cm³/mol. The van der Waals surface area contributed by atoms with Gasteiger partial charge in [-0.15, -0.1) is 0 Å². The van der Waals surface area contributed by atoms with E-state index in [0.717, 1.165) is 22.8 Å². The third-order valence-corrected chi connectivity index (χ3v) is 5.03. The summed E-state index contributed by atoms with van der Waals surface area (Å²) in [4.78, 5) is 40.0. The number of aromatic nitrogens is 1. The lowest BCUT2D eigenvalue weighted by molar-refractivity contribution is -0.109. The van der Waals surface area contributed by atoms with Crippen LogP contribution >= 0.6 is 11.6 Å². The molecule has 5 nitrogen and oxygen atoms in total. The number of hydrogen-bond acceptors (Lipinski definition) is 4. The molecule has 0 spiro atoms. The van der Waals surface area contributed by atoms with E-state index >= 15 is 0 Å². The first-order valence-corrected chi connectivity index (χ1v) is 8.83. The number of benzene rings is 2. The van der Waals surface area contributed by atoms with Gasteiger partial charge in [-0.1, -0.05) is 54.1 Å². The van der Waals surface area contributed by atoms with E-state index in [0.29, 0.717) is 6.42 Å². The van der Waals surface area contributed by atoms with Crippen LogP contribution in [0.25, 0.3) is 10.9 Å². The van der Waals surface area contributed by atoms with E-state index in [4.69, 9.17) is 11.6 Å². The van der Waals surface area contributed by atoms with Gasteiger partial charge >= 0.3 is 0 Å². The highest BCUT2D eigenvalue weighted by molar-refractivity contribution is 6.49. The zero-order chi connectivity index (χ0) is 19.0. The molecule has 3 aromatic rings. The number of aromatic amines is 1. The van der Waals surface area contributed by atoms with Crippen molar-refractivity contribution in [3.63, 3.8) is 0 Å². The van der Waals surface area contributed by atoms with Crippen LogP contribution in [0.2, 0.25) is 0 Å². The standard InChI is InChI=1S/C21H15ClN2O3/c22-18-19(21(27)16-7-2-1-6-15(16)20(18)26)24-13(11-25)9-12-10-23-17-8-4-3-5-14(12)17/h1-8,10-11,13,23-24H,9H2. The minimum Gasteiger partial charge on any atom is -0.371 e. The summed E-state index contributed by atoms with van der Waals surface area (Å²) in [5.74, 6) is -0.813. The Morgan fingerprint density at radius 2 is 1.67 bits per heavy atom. The molecule has 1 atom stereocenters. The molecule has 0 amide bonds. The summed E-state index contributed by atoms with van der Waals surface area (Å²) < 4.78 is 0. The zero-order valence-electron chi connectivity index (χ0n) is 14.2. The molecular formula is C21H15ClN2O3. The van der Waals surface area contributed by atoms with Gasteiger partial charge in [-0.05, 0) is 11.6 Å². The number of para-hydroxylation sites is 1. The van der Waals surface area contributed by atoms with Gasteiger partial charge in [-0.3, -0.25) is 9.59 Å². The van der Waals surface area contributed by atoms with Crippen LogP contribution in [-0.4, -0.2) is 28.9 Å². The van der Waals surface area contributed by atoms with Crippen molar-refractivity contribution in [2.75, 3.05) is 0 Å². The van der Waals surface area contributed by atoms with E-state index in [1.807, 2.05) is 30.5 Å². The maximum atomic E-state index is 12.8. The highest BCUT2D eigenvalue weighted by Crippen LogP contribution is 2.28.